The molecule has 0 aromatic heterocycles. The van der Waals surface area contributed by atoms with Gasteiger partial charge in [0.1, 0.15) is 12.6 Å². The zero-order valence-electron chi connectivity index (χ0n) is 20.5. The number of aliphatic carboxylic acids is 1. The van der Waals surface area contributed by atoms with Crippen molar-refractivity contribution < 1.29 is 24.2 Å². The smallest absolute Gasteiger partial charge is 0.407 e. The molecule has 3 atom stereocenters. The van der Waals surface area contributed by atoms with Gasteiger partial charge in [-0.15, -0.1) is 0 Å². The van der Waals surface area contributed by atoms with Gasteiger partial charge < -0.3 is 20.5 Å². The molecule has 2 aromatic rings. The molecule has 2 aliphatic carbocycles. The Morgan fingerprint density at radius 3 is 2.17 bits per heavy atom. The Balaban J connectivity index is 1.42. The predicted molar refractivity (Wildman–Crippen MR) is 133 cm³/mol. The summed E-state index contributed by atoms with van der Waals surface area (Å²) < 4.78 is 5.64. The molecule has 0 aliphatic heterocycles. The Labute approximate surface area is 206 Å². The van der Waals surface area contributed by atoms with E-state index >= 15 is 0 Å². The minimum absolute atomic E-state index is 0.0714. The molecule has 2 aromatic carbocycles. The number of amides is 2. The fourth-order valence-electron chi connectivity index (χ4n) is 5.32. The second-order valence-corrected chi connectivity index (χ2v) is 10.8. The highest BCUT2D eigenvalue weighted by molar-refractivity contribution is 5.86. The lowest BCUT2D eigenvalue weighted by Gasteiger charge is -2.28. The van der Waals surface area contributed by atoms with Crippen LogP contribution in [0.1, 0.15) is 63.5 Å². The Kier molecular flexibility index (Phi) is 7.15. The van der Waals surface area contributed by atoms with Crippen LogP contribution in [0.2, 0.25) is 0 Å². The molecular weight excluding hydrogens is 444 g/mol. The van der Waals surface area contributed by atoms with Crippen molar-refractivity contribution in [3.8, 4) is 11.1 Å². The number of carboxylic acid groups (broad SMARTS) is 1. The lowest BCUT2D eigenvalue weighted by atomic mass is 9.87. The molecule has 2 aliphatic rings. The molecule has 1 saturated carbocycles. The van der Waals surface area contributed by atoms with Crippen molar-refractivity contribution in [1.82, 2.24) is 10.6 Å². The predicted octanol–water partition coefficient (Wildman–Crippen LogP) is 4.70. The summed E-state index contributed by atoms with van der Waals surface area (Å²) in [4.78, 5) is 37.4. The van der Waals surface area contributed by atoms with E-state index in [1.54, 1.807) is 0 Å². The van der Waals surface area contributed by atoms with E-state index in [1.165, 1.54) is 0 Å². The number of fused-ring (bicyclic) bond motifs is 3. The Morgan fingerprint density at radius 1 is 1.00 bits per heavy atom. The monoisotopic (exact) mass is 478 g/mol. The molecule has 35 heavy (non-hydrogen) atoms. The van der Waals surface area contributed by atoms with Gasteiger partial charge in [0, 0.05) is 12.0 Å². The SMILES string of the molecule is CC(C)(C)CC(NC(=O)OCC1c2ccccc2-c2ccccc21)C(=O)N[C@H]1CCC[C@H]1C(=O)O. The quantitative estimate of drug-likeness (QED) is 0.535. The van der Waals surface area contributed by atoms with Gasteiger partial charge in [-0.1, -0.05) is 75.7 Å². The van der Waals surface area contributed by atoms with Crippen LogP contribution in [0.25, 0.3) is 11.1 Å². The summed E-state index contributed by atoms with van der Waals surface area (Å²) >= 11 is 0. The number of carboxylic acids is 1. The molecule has 0 bridgehead atoms. The average Bonchev–Trinajstić information content (AvgIpc) is 3.39. The van der Waals surface area contributed by atoms with Crippen molar-refractivity contribution in [2.24, 2.45) is 11.3 Å². The van der Waals surface area contributed by atoms with Gasteiger partial charge in [0.05, 0.1) is 5.92 Å². The Bertz CT molecular complexity index is 1060. The largest absolute Gasteiger partial charge is 0.481 e. The van der Waals surface area contributed by atoms with E-state index in [0.29, 0.717) is 19.3 Å². The molecule has 2 amide bonds. The molecule has 7 heteroatoms. The van der Waals surface area contributed by atoms with Crippen molar-refractivity contribution in [3.05, 3.63) is 59.7 Å². The summed E-state index contributed by atoms with van der Waals surface area (Å²) in [5.74, 6) is -1.93. The van der Waals surface area contributed by atoms with Gasteiger partial charge in [0.15, 0.2) is 0 Å². The second kappa shape index (κ2) is 10.1. The highest BCUT2D eigenvalue weighted by Crippen LogP contribution is 2.44. The highest BCUT2D eigenvalue weighted by atomic mass is 16.5. The normalized spacial score (nSPS) is 20.0. The Morgan fingerprint density at radius 2 is 1.60 bits per heavy atom. The molecule has 4 rings (SSSR count). The molecule has 0 radical (unpaired) electrons. The number of hydrogen-bond donors (Lipinski definition) is 3. The summed E-state index contributed by atoms with van der Waals surface area (Å²) in [6.07, 6.45) is 1.66. The van der Waals surface area contributed by atoms with Crippen LogP contribution in [-0.2, 0) is 14.3 Å². The first kappa shape index (κ1) is 24.8. The maximum absolute atomic E-state index is 13.1. The minimum atomic E-state index is -0.898. The fourth-order valence-corrected chi connectivity index (χ4v) is 5.32. The van der Waals surface area contributed by atoms with Gasteiger partial charge in [0.25, 0.3) is 0 Å². The number of hydrogen-bond acceptors (Lipinski definition) is 4. The van der Waals surface area contributed by atoms with Crippen LogP contribution in [0.3, 0.4) is 0 Å². The molecule has 0 heterocycles. The van der Waals surface area contributed by atoms with Crippen LogP contribution < -0.4 is 10.6 Å². The first-order valence-corrected chi connectivity index (χ1v) is 12.3. The van der Waals surface area contributed by atoms with Crippen molar-refractivity contribution >= 4 is 18.0 Å². The molecule has 0 saturated heterocycles. The number of nitrogens with one attached hydrogen (secondary N) is 2. The van der Waals surface area contributed by atoms with Gasteiger partial charge in [0.2, 0.25) is 5.91 Å². The third kappa shape index (κ3) is 5.66. The minimum Gasteiger partial charge on any atom is -0.481 e. The van der Waals surface area contributed by atoms with Gasteiger partial charge >= 0.3 is 12.1 Å². The lowest BCUT2D eigenvalue weighted by molar-refractivity contribution is -0.142. The van der Waals surface area contributed by atoms with Crippen molar-refractivity contribution in [2.75, 3.05) is 6.61 Å². The zero-order valence-corrected chi connectivity index (χ0v) is 20.5. The van der Waals surface area contributed by atoms with E-state index < -0.39 is 30.1 Å². The van der Waals surface area contributed by atoms with E-state index in [1.807, 2.05) is 45.0 Å². The van der Waals surface area contributed by atoms with Crippen LogP contribution >= 0.6 is 0 Å². The van der Waals surface area contributed by atoms with Crippen LogP contribution in [0.4, 0.5) is 4.79 Å². The van der Waals surface area contributed by atoms with Crippen molar-refractivity contribution in [3.63, 3.8) is 0 Å². The van der Waals surface area contributed by atoms with Crippen LogP contribution in [0, 0.1) is 11.3 Å². The van der Waals surface area contributed by atoms with Gasteiger partial charge in [-0.25, -0.2) is 4.79 Å². The van der Waals surface area contributed by atoms with E-state index in [4.69, 9.17) is 4.74 Å². The second-order valence-electron chi connectivity index (χ2n) is 10.8. The van der Waals surface area contributed by atoms with Gasteiger partial charge in [-0.05, 0) is 46.9 Å². The highest BCUT2D eigenvalue weighted by Gasteiger charge is 2.36. The van der Waals surface area contributed by atoms with Gasteiger partial charge in [-0.3, -0.25) is 9.59 Å². The molecule has 186 valence electrons. The number of benzene rings is 2. The summed E-state index contributed by atoms with van der Waals surface area (Å²) in [5, 5.41) is 15.1. The van der Waals surface area contributed by atoms with Crippen LogP contribution in [0.15, 0.2) is 48.5 Å². The summed E-state index contributed by atoms with van der Waals surface area (Å²) in [5.41, 5.74) is 4.29. The maximum Gasteiger partial charge on any atom is 0.407 e. The Hall–Kier alpha value is -3.35. The summed E-state index contributed by atoms with van der Waals surface area (Å²) in [6, 6.07) is 15.0. The van der Waals surface area contributed by atoms with E-state index in [9.17, 15) is 19.5 Å². The van der Waals surface area contributed by atoms with Crippen molar-refractivity contribution in [1.29, 1.82) is 0 Å². The van der Waals surface area contributed by atoms with Crippen molar-refractivity contribution in [2.45, 2.75) is 64.5 Å². The third-order valence-electron chi connectivity index (χ3n) is 6.93. The molecule has 1 fully saturated rings. The standard InChI is InChI=1S/C28H34N2O5/c1-28(2,3)15-24(25(31)29-23-14-8-13-21(23)26(32)33)30-27(34)35-16-22-19-11-6-4-9-17(19)18-10-5-7-12-20(18)22/h4-7,9-12,21-24H,8,13-16H2,1-3H3,(H,29,31)(H,30,34)(H,32,33)/t21-,23+,24?/m1/s1. The fraction of sp³-hybridized carbons (Fsp3) is 0.464. The van der Waals surface area contributed by atoms with E-state index in [2.05, 4.69) is 34.9 Å². The van der Waals surface area contributed by atoms with Gasteiger partial charge in [-0.2, -0.15) is 0 Å². The first-order valence-electron chi connectivity index (χ1n) is 12.3. The maximum atomic E-state index is 13.1. The lowest BCUT2D eigenvalue weighted by Crippen LogP contribution is -2.52. The first-order chi connectivity index (χ1) is 16.6. The van der Waals surface area contributed by atoms with Crippen LogP contribution in [-0.4, -0.2) is 41.8 Å². The number of alkyl carbamates (subject to hydrolysis) is 1. The zero-order chi connectivity index (χ0) is 25.2. The van der Waals surface area contributed by atoms with E-state index in [-0.39, 0.29) is 23.8 Å². The summed E-state index contributed by atoms with van der Waals surface area (Å²) in [6.45, 7) is 6.13. The summed E-state index contributed by atoms with van der Waals surface area (Å²) in [7, 11) is 0. The number of ether oxygens (including phenoxy) is 1. The topological polar surface area (TPSA) is 105 Å². The number of carbonyl (C=O) groups is 3. The molecule has 7 nitrogen and oxygen atoms in total. The average molecular weight is 479 g/mol. The molecular formula is C28H34N2O5. The van der Waals surface area contributed by atoms with E-state index in [0.717, 1.165) is 28.7 Å². The third-order valence-corrected chi connectivity index (χ3v) is 6.93. The number of rotatable bonds is 7. The molecule has 3 N–H and O–H groups in total. The number of carbonyl (C=O) groups excluding carboxylic acids is 2. The van der Waals surface area contributed by atoms with Crippen LogP contribution in [0.5, 0.6) is 0 Å². The molecule has 1 unspecified atom stereocenters. The molecule has 0 spiro atoms.